The van der Waals surface area contributed by atoms with E-state index in [-0.39, 0.29) is 23.9 Å². The Morgan fingerprint density at radius 1 is 1.04 bits per heavy atom. The zero-order valence-corrected chi connectivity index (χ0v) is 14.3. The Kier molecular flexibility index (Phi) is 4.35. The standard InChI is InChI=1S/C21H19N3O2/c25-20-10-11-22-15-24(20)14-21(26)23-12-17-8-4-5-9-18(17)19(13-23)16-6-2-1-3-7-16/h1-11,15,19H,12-14H2/t19-/m1/s1. The Bertz CT molecular complexity index is 982. The second-order valence-corrected chi connectivity index (χ2v) is 6.48. The lowest BCUT2D eigenvalue weighted by molar-refractivity contribution is -0.133. The third kappa shape index (κ3) is 3.16. The van der Waals surface area contributed by atoms with Gasteiger partial charge >= 0.3 is 0 Å². The smallest absolute Gasteiger partial charge is 0.253 e. The first-order valence-electron chi connectivity index (χ1n) is 8.63. The Morgan fingerprint density at radius 3 is 2.62 bits per heavy atom. The van der Waals surface area contributed by atoms with E-state index in [0.29, 0.717) is 13.1 Å². The highest BCUT2D eigenvalue weighted by Gasteiger charge is 2.29. The second kappa shape index (κ2) is 6.96. The predicted molar refractivity (Wildman–Crippen MR) is 98.6 cm³/mol. The molecule has 1 amide bonds. The molecule has 1 aromatic heterocycles. The number of amides is 1. The zero-order valence-electron chi connectivity index (χ0n) is 14.3. The summed E-state index contributed by atoms with van der Waals surface area (Å²) in [6.45, 7) is 1.18. The van der Waals surface area contributed by atoms with E-state index in [9.17, 15) is 9.59 Å². The minimum absolute atomic E-state index is 0.0103. The Balaban J connectivity index is 1.64. The lowest BCUT2D eigenvalue weighted by Gasteiger charge is -2.35. The number of nitrogens with zero attached hydrogens (tertiary/aromatic N) is 3. The minimum atomic E-state index is -0.217. The van der Waals surface area contributed by atoms with E-state index >= 15 is 0 Å². The molecular weight excluding hydrogens is 326 g/mol. The predicted octanol–water partition coefficient (Wildman–Crippen LogP) is 2.42. The highest BCUT2D eigenvalue weighted by molar-refractivity contribution is 5.76. The van der Waals surface area contributed by atoms with Crippen LogP contribution in [0.3, 0.4) is 0 Å². The topological polar surface area (TPSA) is 55.2 Å². The van der Waals surface area contributed by atoms with E-state index in [2.05, 4.69) is 29.2 Å². The van der Waals surface area contributed by atoms with Crippen LogP contribution in [0.5, 0.6) is 0 Å². The number of hydrogen-bond donors (Lipinski definition) is 0. The van der Waals surface area contributed by atoms with Crippen molar-refractivity contribution in [2.24, 2.45) is 0 Å². The van der Waals surface area contributed by atoms with Crippen molar-refractivity contribution in [1.82, 2.24) is 14.5 Å². The molecule has 0 unspecified atom stereocenters. The molecule has 2 heterocycles. The zero-order chi connectivity index (χ0) is 17.9. The van der Waals surface area contributed by atoms with Gasteiger partial charge in [0.1, 0.15) is 6.54 Å². The maximum atomic E-state index is 12.8. The van der Waals surface area contributed by atoms with Gasteiger partial charge in [0.05, 0.1) is 6.33 Å². The molecule has 26 heavy (non-hydrogen) atoms. The van der Waals surface area contributed by atoms with Crippen molar-refractivity contribution < 1.29 is 4.79 Å². The quantitative estimate of drug-likeness (QED) is 0.732. The molecular formula is C21H19N3O2. The summed E-state index contributed by atoms with van der Waals surface area (Å²) in [7, 11) is 0. The van der Waals surface area contributed by atoms with Crippen LogP contribution in [0.15, 0.2) is 78.0 Å². The van der Waals surface area contributed by atoms with Crippen molar-refractivity contribution in [3.8, 4) is 0 Å². The molecule has 0 aliphatic carbocycles. The molecule has 0 N–H and O–H groups in total. The molecule has 5 heteroatoms. The SMILES string of the molecule is O=C(Cn1cnccc1=O)N1Cc2ccccc2[C@@H](c2ccccc2)C1. The van der Waals surface area contributed by atoms with Gasteiger partial charge in [-0.15, -0.1) is 0 Å². The van der Waals surface area contributed by atoms with Crippen LogP contribution in [-0.2, 0) is 17.9 Å². The average molecular weight is 345 g/mol. The molecule has 0 saturated carbocycles. The van der Waals surface area contributed by atoms with Crippen molar-refractivity contribution in [1.29, 1.82) is 0 Å². The second-order valence-electron chi connectivity index (χ2n) is 6.48. The fourth-order valence-corrected chi connectivity index (χ4v) is 3.51. The van der Waals surface area contributed by atoms with Gasteiger partial charge in [0.15, 0.2) is 0 Å². The highest BCUT2D eigenvalue weighted by atomic mass is 16.2. The summed E-state index contributed by atoms with van der Waals surface area (Å²) in [6, 6.07) is 19.9. The van der Waals surface area contributed by atoms with Crippen LogP contribution < -0.4 is 5.56 Å². The number of rotatable bonds is 3. The molecule has 0 saturated heterocycles. The number of carbonyl (C=O) groups excluding carboxylic acids is 1. The van der Waals surface area contributed by atoms with Gasteiger partial charge in [-0.1, -0.05) is 54.6 Å². The van der Waals surface area contributed by atoms with Crippen LogP contribution in [-0.4, -0.2) is 26.9 Å². The van der Waals surface area contributed by atoms with E-state index < -0.39 is 0 Å². The molecule has 3 aromatic rings. The molecule has 0 bridgehead atoms. The summed E-state index contributed by atoms with van der Waals surface area (Å²) >= 11 is 0. The normalized spacial score (nSPS) is 16.2. The van der Waals surface area contributed by atoms with Crippen LogP contribution in [0, 0.1) is 0 Å². The number of carbonyl (C=O) groups is 1. The molecule has 2 aromatic carbocycles. The molecule has 0 spiro atoms. The molecule has 0 radical (unpaired) electrons. The van der Waals surface area contributed by atoms with Crippen molar-refractivity contribution in [3.63, 3.8) is 0 Å². The van der Waals surface area contributed by atoms with Gasteiger partial charge in [-0.25, -0.2) is 4.98 Å². The van der Waals surface area contributed by atoms with Gasteiger partial charge in [0.2, 0.25) is 5.91 Å². The fourth-order valence-electron chi connectivity index (χ4n) is 3.51. The van der Waals surface area contributed by atoms with Gasteiger partial charge in [-0.05, 0) is 16.7 Å². The first kappa shape index (κ1) is 16.3. The first-order valence-corrected chi connectivity index (χ1v) is 8.63. The number of hydrogen-bond acceptors (Lipinski definition) is 3. The molecule has 1 aliphatic heterocycles. The molecule has 130 valence electrons. The molecule has 1 aliphatic rings. The molecule has 0 fully saturated rings. The van der Waals surface area contributed by atoms with Crippen LogP contribution in [0.25, 0.3) is 0 Å². The van der Waals surface area contributed by atoms with Gasteiger partial charge in [-0.3, -0.25) is 14.2 Å². The third-order valence-corrected chi connectivity index (χ3v) is 4.85. The van der Waals surface area contributed by atoms with Crippen molar-refractivity contribution in [3.05, 3.63) is 100 Å². The van der Waals surface area contributed by atoms with Crippen molar-refractivity contribution >= 4 is 5.91 Å². The Morgan fingerprint density at radius 2 is 1.81 bits per heavy atom. The monoisotopic (exact) mass is 345 g/mol. The summed E-state index contributed by atoms with van der Waals surface area (Å²) in [4.78, 5) is 30.5. The number of aromatic nitrogens is 2. The van der Waals surface area contributed by atoms with Gasteiger partial charge in [0.25, 0.3) is 5.56 Å². The first-order chi connectivity index (χ1) is 12.7. The van der Waals surface area contributed by atoms with Gasteiger partial charge in [-0.2, -0.15) is 0 Å². The van der Waals surface area contributed by atoms with E-state index in [1.807, 2.05) is 35.2 Å². The Labute approximate surface area is 151 Å². The number of fused-ring (bicyclic) bond motifs is 1. The lowest BCUT2D eigenvalue weighted by Crippen LogP contribution is -2.41. The fraction of sp³-hybridized carbons (Fsp3) is 0.190. The lowest BCUT2D eigenvalue weighted by atomic mass is 9.84. The number of benzene rings is 2. The summed E-state index contributed by atoms with van der Waals surface area (Å²) in [5.41, 5.74) is 3.39. The minimum Gasteiger partial charge on any atom is -0.336 e. The summed E-state index contributed by atoms with van der Waals surface area (Å²) in [5, 5.41) is 0. The van der Waals surface area contributed by atoms with Gasteiger partial charge < -0.3 is 4.90 Å². The van der Waals surface area contributed by atoms with E-state index in [1.54, 1.807) is 0 Å². The summed E-state index contributed by atoms with van der Waals surface area (Å²) in [5.74, 6) is 0.0613. The maximum Gasteiger partial charge on any atom is 0.253 e. The summed E-state index contributed by atoms with van der Waals surface area (Å²) in [6.07, 6.45) is 2.85. The average Bonchev–Trinajstić information content (AvgIpc) is 2.69. The van der Waals surface area contributed by atoms with E-state index in [0.717, 1.165) is 5.56 Å². The summed E-state index contributed by atoms with van der Waals surface area (Å²) < 4.78 is 1.35. The Hall–Kier alpha value is -3.21. The van der Waals surface area contributed by atoms with Crippen molar-refractivity contribution in [2.45, 2.75) is 19.0 Å². The third-order valence-electron chi connectivity index (χ3n) is 4.85. The molecule has 4 rings (SSSR count). The van der Waals surface area contributed by atoms with E-state index in [1.165, 1.54) is 34.3 Å². The van der Waals surface area contributed by atoms with Crippen LogP contribution >= 0.6 is 0 Å². The maximum absolute atomic E-state index is 12.8. The molecule has 1 atom stereocenters. The van der Waals surface area contributed by atoms with Crippen LogP contribution in [0.1, 0.15) is 22.6 Å². The van der Waals surface area contributed by atoms with Crippen LogP contribution in [0.2, 0.25) is 0 Å². The largest absolute Gasteiger partial charge is 0.336 e. The van der Waals surface area contributed by atoms with Gasteiger partial charge in [0, 0.05) is 31.3 Å². The molecule has 5 nitrogen and oxygen atoms in total. The van der Waals surface area contributed by atoms with E-state index in [4.69, 9.17) is 0 Å². The van der Waals surface area contributed by atoms with Crippen molar-refractivity contribution in [2.75, 3.05) is 6.54 Å². The highest BCUT2D eigenvalue weighted by Crippen LogP contribution is 2.33. The van der Waals surface area contributed by atoms with Crippen LogP contribution in [0.4, 0.5) is 0 Å².